The molecule has 28 heavy (non-hydrogen) atoms. The van der Waals surface area contributed by atoms with Gasteiger partial charge in [0.25, 0.3) is 5.91 Å². The Morgan fingerprint density at radius 2 is 2.04 bits per heavy atom. The molecule has 0 aliphatic carbocycles. The maximum atomic E-state index is 12.9. The molecule has 2 aliphatic rings. The first-order chi connectivity index (χ1) is 13.3. The van der Waals surface area contributed by atoms with Gasteiger partial charge in [-0.2, -0.15) is 18.2 Å². The number of pyridine rings is 1. The number of nitrogens with one attached hydrogen (secondary N) is 1. The van der Waals surface area contributed by atoms with Gasteiger partial charge < -0.3 is 9.80 Å². The lowest BCUT2D eigenvalue weighted by molar-refractivity contribution is -0.144. The Bertz CT molecular complexity index is 900. The van der Waals surface area contributed by atoms with Gasteiger partial charge in [0, 0.05) is 25.8 Å². The Hall–Kier alpha value is -2.98. The molecule has 1 N–H and O–H groups in total. The lowest BCUT2D eigenvalue weighted by Gasteiger charge is -2.23. The second-order valence-electron chi connectivity index (χ2n) is 7.06. The molecule has 11 heteroatoms. The van der Waals surface area contributed by atoms with E-state index < -0.39 is 29.1 Å². The zero-order valence-electron chi connectivity index (χ0n) is 14.7. The van der Waals surface area contributed by atoms with Crippen LogP contribution in [0.15, 0.2) is 24.4 Å². The monoisotopic (exact) mass is 394 g/mol. The largest absolute Gasteiger partial charge is 0.451 e. The number of likely N-dealkylation sites (tertiary alicyclic amines) is 2. The fourth-order valence-electron chi connectivity index (χ4n) is 3.78. The maximum absolute atomic E-state index is 12.9. The van der Waals surface area contributed by atoms with Crippen molar-refractivity contribution in [3.63, 3.8) is 0 Å². The fourth-order valence-corrected chi connectivity index (χ4v) is 3.78. The molecule has 2 aliphatic heterocycles. The van der Waals surface area contributed by atoms with Crippen LogP contribution in [0.3, 0.4) is 0 Å². The molecule has 0 bridgehead atoms. The van der Waals surface area contributed by atoms with Gasteiger partial charge in [0.05, 0.1) is 17.7 Å². The minimum atomic E-state index is -4.70. The lowest BCUT2D eigenvalue weighted by atomic mass is 9.85. The predicted octanol–water partition coefficient (Wildman–Crippen LogP) is 1.48. The van der Waals surface area contributed by atoms with Crippen LogP contribution in [0.1, 0.15) is 35.0 Å². The molecule has 2 amide bonds. The zero-order valence-corrected chi connectivity index (χ0v) is 14.7. The molecule has 1 atom stereocenters. The quantitative estimate of drug-likeness (QED) is 0.851. The first kappa shape index (κ1) is 18.4. The van der Waals surface area contributed by atoms with E-state index in [1.807, 2.05) is 12.1 Å². The normalized spacial score (nSPS) is 22.5. The third kappa shape index (κ3) is 3.20. The van der Waals surface area contributed by atoms with Crippen LogP contribution in [0.4, 0.5) is 13.2 Å². The van der Waals surface area contributed by atoms with Crippen molar-refractivity contribution in [2.24, 2.45) is 5.41 Å². The molecular weight excluding hydrogens is 377 g/mol. The van der Waals surface area contributed by atoms with Gasteiger partial charge in [-0.25, -0.2) is 0 Å². The summed E-state index contributed by atoms with van der Waals surface area (Å²) in [6.45, 7) is 1.37. The summed E-state index contributed by atoms with van der Waals surface area (Å²) in [6, 6.07) is 5.48. The maximum Gasteiger partial charge on any atom is 0.451 e. The second-order valence-corrected chi connectivity index (χ2v) is 7.06. The summed E-state index contributed by atoms with van der Waals surface area (Å²) in [6.07, 6.45) is -1.99. The van der Waals surface area contributed by atoms with Gasteiger partial charge in [-0.3, -0.25) is 19.7 Å². The third-order valence-electron chi connectivity index (χ3n) is 5.27. The number of aromatic amines is 1. The highest BCUT2D eigenvalue weighted by Crippen LogP contribution is 2.41. The SMILES string of the molecule is O=C(c1n[nH]c(C(F)(F)F)n1)N1CCC2(CCN(Cc3ccccn3)C2=O)C1. The molecule has 148 valence electrons. The molecule has 2 fully saturated rings. The number of nitrogens with zero attached hydrogens (tertiary/aromatic N) is 5. The smallest absolute Gasteiger partial charge is 0.336 e. The summed E-state index contributed by atoms with van der Waals surface area (Å²) in [4.78, 5) is 36.0. The van der Waals surface area contributed by atoms with E-state index in [1.54, 1.807) is 22.3 Å². The molecule has 1 unspecified atom stereocenters. The highest BCUT2D eigenvalue weighted by Gasteiger charge is 2.52. The van der Waals surface area contributed by atoms with Crippen molar-refractivity contribution >= 4 is 11.8 Å². The van der Waals surface area contributed by atoms with Gasteiger partial charge in [0.15, 0.2) is 0 Å². The number of halogens is 3. The number of hydrogen-bond acceptors (Lipinski definition) is 5. The Morgan fingerprint density at radius 1 is 1.25 bits per heavy atom. The summed E-state index contributed by atoms with van der Waals surface area (Å²) < 4.78 is 37.9. The lowest BCUT2D eigenvalue weighted by Crippen LogP contribution is -2.38. The van der Waals surface area contributed by atoms with Gasteiger partial charge in [0.1, 0.15) is 0 Å². The Balaban J connectivity index is 1.44. The molecule has 2 aromatic heterocycles. The molecular formula is C17H17F3N6O2. The number of hydrogen-bond donors (Lipinski definition) is 1. The van der Waals surface area contributed by atoms with Crippen LogP contribution in [0, 0.1) is 5.41 Å². The molecule has 8 nitrogen and oxygen atoms in total. The first-order valence-electron chi connectivity index (χ1n) is 8.77. The van der Waals surface area contributed by atoms with Gasteiger partial charge in [0.2, 0.25) is 17.6 Å². The topological polar surface area (TPSA) is 95.1 Å². The molecule has 4 rings (SSSR count). The molecule has 4 heterocycles. The van der Waals surface area contributed by atoms with Crippen molar-refractivity contribution in [1.29, 1.82) is 0 Å². The van der Waals surface area contributed by atoms with Crippen LogP contribution in [-0.2, 0) is 17.5 Å². The van der Waals surface area contributed by atoms with E-state index in [0.717, 1.165) is 5.69 Å². The summed E-state index contributed by atoms with van der Waals surface area (Å²) in [5.41, 5.74) is 0.0763. The minimum Gasteiger partial charge on any atom is -0.336 e. The van der Waals surface area contributed by atoms with Gasteiger partial charge in [-0.1, -0.05) is 6.07 Å². The third-order valence-corrected chi connectivity index (χ3v) is 5.27. The van der Waals surface area contributed by atoms with Crippen LogP contribution in [-0.4, -0.2) is 61.4 Å². The van der Waals surface area contributed by atoms with Crippen molar-refractivity contribution in [3.05, 3.63) is 41.7 Å². The second kappa shape index (κ2) is 6.57. The van der Waals surface area contributed by atoms with Gasteiger partial charge in [-0.15, -0.1) is 5.10 Å². The molecule has 0 saturated carbocycles. The van der Waals surface area contributed by atoms with Crippen LogP contribution in [0.2, 0.25) is 0 Å². The average Bonchev–Trinajstić information content (AvgIpc) is 3.38. The van der Waals surface area contributed by atoms with Crippen LogP contribution >= 0.6 is 0 Å². The number of aromatic nitrogens is 4. The van der Waals surface area contributed by atoms with Gasteiger partial charge >= 0.3 is 6.18 Å². The van der Waals surface area contributed by atoms with E-state index in [0.29, 0.717) is 25.9 Å². The summed E-state index contributed by atoms with van der Waals surface area (Å²) in [5.74, 6) is -2.62. The predicted molar refractivity (Wildman–Crippen MR) is 88.6 cm³/mol. The van der Waals surface area contributed by atoms with Crippen molar-refractivity contribution < 1.29 is 22.8 Å². The van der Waals surface area contributed by atoms with Crippen molar-refractivity contribution in [2.45, 2.75) is 25.6 Å². The first-order valence-corrected chi connectivity index (χ1v) is 8.77. The van der Waals surface area contributed by atoms with Crippen LogP contribution in [0.5, 0.6) is 0 Å². The number of carbonyl (C=O) groups excluding carboxylic acids is 2. The van der Waals surface area contributed by atoms with E-state index in [1.165, 1.54) is 4.90 Å². The number of carbonyl (C=O) groups is 2. The molecule has 1 spiro atoms. The fraction of sp³-hybridized carbons (Fsp3) is 0.471. The van der Waals surface area contributed by atoms with Crippen LogP contribution < -0.4 is 0 Å². The van der Waals surface area contributed by atoms with Gasteiger partial charge in [-0.05, 0) is 25.0 Å². The minimum absolute atomic E-state index is 0.0561. The van der Waals surface area contributed by atoms with Crippen molar-refractivity contribution in [3.8, 4) is 0 Å². The number of amides is 2. The standard InChI is InChI=1S/C17H17F3N6O2/c18-17(19,20)14-22-12(23-24-14)13(27)26-8-5-16(10-26)4-7-25(15(16)28)9-11-3-1-2-6-21-11/h1-3,6H,4-5,7-10H2,(H,22,23,24). The molecule has 2 aromatic rings. The van der Waals surface area contributed by atoms with Crippen molar-refractivity contribution in [1.82, 2.24) is 30.0 Å². The Kier molecular flexibility index (Phi) is 4.31. The van der Waals surface area contributed by atoms with E-state index in [-0.39, 0.29) is 19.0 Å². The number of H-pyrrole nitrogens is 1. The molecule has 0 radical (unpaired) electrons. The summed E-state index contributed by atoms with van der Waals surface area (Å²) in [7, 11) is 0. The summed E-state index contributed by atoms with van der Waals surface area (Å²) >= 11 is 0. The van der Waals surface area contributed by atoms with E-state index in [2.05, 4.69) is 15.1 Å². The zero-order chi connectivity index (χ0) is 19.9. The van der Waals surface area contributed by atoms with Crippen molar-refractivity contribution in [2.75, 3.05) is 19.6 Å². The Labute approximate surface area is 157 Å². The highest BCUT2D eigenvalue weighted by atomic mass is 19.4. The summed E-state index contributed by atoms with van der Waals surface area (Å²) in [5, 5.41) is 5.12. The highest BCUT2D eigenvalue weighted by molar-refractivity contribution is 5.92. The Morgan fingerprint density at radius 3 is 2.71 bits per heavy atom. The average molecular weight is 394 g/mol. The van der Waals surface area contributed by atoms with E-state index >= 15 is 0 Å². The number of rotatable bonds is 3. The van der Waals surface area contributed by atoms with E-state index in [4.69, 9.17) is 0 Å². The number of alkyl halides is 3. The molecule has 0 aromatic carbocycles. The molecule has 2 saturated heterocycles. The van der Waals surface area contributed by atoms with Crippen LogP contribution in [0.25, 0.3) is 0 Å². The van der Waals surface area contributed by atoms with E-state index in [9.17, 15) is 22.8 Å².